The second-order valence-corrected chi connectivity index (χ2v) is 6.65. The van der Waals surface area contributed by atoms with Crippen molar-refractivity contribution < 1.29 is 9.72 Å². The molecular formula is C23H17N3O3. The molecule has 0 aliphatic carbocycles. The van der Waals surface area contributed by atoms with Crippen LogP contribution in [0.1, 0.15) is 15.9 Å². The average molecular weight is 383 g/mol. The van der Waals surface area contributed by atoms with Crippen molar-refractivity contribution in [1.29, 1.82) is 0 Å². The van der Waals surface area contributed by atoms with E-state index in [0.717, 1.165) is 5.56 Å². The number of hydrogen-bond acceptors (Lipinski definition) is 4. The topological polar surface area (TPSA) is 85.1 Å². The Kier molecular flexibility index (Phi) is 4.75. The third-order valence-electron chi connectivity index (χ3n) is 4.69. The summed E-state index contributed by atoms with van der Waals surface area (Å²) in [6.07, 6.45) is 0. The minimum atomic E-state index is -0.458. The smallest absolute Gasteiger partial charge is 0.274 e. The maximum atomic E-state index is 13.1. The first-order valence-corrected chi connectivity index (χ1v) is 9.04. The molecule has 142 valence electrons. The Hall–Kier alpha value is -4.06. The first kappa shape index (κ1) is 18.3. The molecule has 4 aromatic rings. The van der Waals surface area contributed by atoms with Gasteiger partial charge in [0.25, 0.3) is 11.6 Å². The van der Waals surface area contributed by atoms with Crippen molar-refractivity contribution in [3.8, 4) is 11.3 Å². The summed E-state index contributed by atoms with van der Waals surface area (Å²) in [5.41, 5.74) is 3.62. The van der Waals surface area contributed by atoms with E-state index in [4.69, 9.17) is 0 Å². The second kappa shape index (κ2) is 7.52. The number of hydrogen-bond donors (Lipinski definition) is 1. The van der Waals surface area contributed by atoms with Crippen molar-refractivity contribution in [3.05, 3.63) is 100 Å². The number of rotatable bonds is 4. The summed E-state index contributed by atoms with van der Waals surface area (Å²) < 4.78 is 0. The molecular weight excluding hydrogens is 366 g/mol. The van der Waals surface area contributed by atoms with Crippen LogP contribution in [0.4, 0.5) is 11.4 Å². The van der Waals surface area contributed by atoms with Crippen molar-refractivity contribution in [3.63, 3.8) is 0 Å². The van der Waals surface area contributed by atoms with E-state index < -0.39 is 4.92 Å². The Labute approximate surface area is 167 Å². The SMILES string of the molecule is Cc1ccc(NC(=O)c2cc(-c3ccccc3)nc3ccccc23)cc1[N+](=O)[O-]. The summed E-state index contributed by atoms with van der Waals surface area (Å²) in [5, 5.41) is 14.7. The van der Waals surface area contributed by atoms with Crippen LogP contribution in [0.25, 0.3) is 22.2 Å². The van der Waals surface area contributed by atoms with Crippen molar-refractivity contribution in [2.24, 2.45) is 0 Å². The number of nitrogens with one attached hydrogen (secondary N) is 1. The molecule has 6 nitrogen and oxygen atoms in total. The first-order chi connectivity index (χ1) is 14.0. The molecule has 29 heavy (non-hydrogen) atoms. The normalized spacial score (nSPS) is 10.7. The Morgan fingerprint density at radius 2 is 1.69 bits per heavy atom. The van der Waals surface area contributed by atoms with Crippen molar-refractivity contribution in [2.45, 2.75) is 6.92 Å². The van der Waals surface area contributed by atoms with Gasteiger partial charge < -0.3 is 5.32 Å². The van der Waals surface area contributed by atoms with E-state index in [-0.39, 0.29) is 11.6 Å². The Morgan fingerprint density at radius 3 is 2.45 bits per heavy atom. The quantitative estimate of drug-likeness (QED) is 0.379. The third-order valence-corrected chi connectivity index (χ3v) is 4.69. The summed E-state index contributed by atoms with van der Waals surface area (Å²) >= 11 is 0. The van der Waals surface area contributed by atoms with Crippen LogP contribution < -0.4 is 5.32 Å². The molecule has 1 aromatic heterocycles. The fourth-order valence-corrected chi connectivity index (χ4v) is 3.20. The maximum Gasteiger partial charge on any atom is 0.274 e. The molecule has 0 atom stereocenters. The zero-order valence-corrected chi connectivity index (χ0v) is 15.6. The molecule has 0 saturated carbocycles. The molecule has 0 fully saturated rings. The number of carbonyl (C=O) groups is 1. The van der Waals surface area contributed by atoms with E-state index in [0.29, 0.717) is 33.4 Å². The predicted octanol–water partition coefficient (Wildman–Crippen LogP) is 5.37. The Balaban J connectivity index is 1.78. The fraction of sp³-hybridized carbons (Fsp3) is 0.0435. The molecule has 6 heteroatoms. The maximum absolute atomic E-state index is 13.1. The zero-order chi connectivity index (χ0) is 20.4. The molecule has 3 aromatic carbocycles. The largest absolute Gasteiger partial charge is 0.322 e. The number of carbonyl (C=O) groups excluding carboxylic acids is 1. The van der Waals surface area contributed by atoms with Gasteiger partial charge in [-0.05, 0) is 25.1 Å². The zero-order valence-electron chi connectivity index (χ0n) is 15.6. The lowest BCUT2D eigenvalue weighted by atomic mass is 10.0. The number of aromatic nitrogens is 1. The van der Waals surface area contributed by atoms with Crippen LogP contribution in [-0.4, -0.2) is 15.8 Å². The minimum Gasteiger partial charge on any atom is -0.322 e. The van der Waals surface area contributed by atoms with Gasteiger partial charge in [-0.15, -0.1) is 0 Å². The number of benzene rings is 3. The highest BCUT2D eigenvalue weighted by Crippen LogP contribution is 2.27. The van der Waals surface area contributed by atoms with Crippen LogP contribution in [0, 0.1) is 17.0 Å². The van der Waals surface area contributed by atoms with Crippen LogP contribution in [0.2, 0.25) is 0 Å². The van der Waals surface area contributed by atoms with Crippen LogP contribution in [0.3, 0.4) is 0 Å². The van der Waals surface area contributed by atoms with Crippen LogP contribution in [0.5, 0.6) is 0 Å². The summed E-state index contributed by atoms with van der Waals surface area (Å²) in [6.45, 7) is 1.66. The van der Waals surface area contributed by atoms with Crippen molar-refractivity contribution in [2.75, 3.05) is 5.32 Å². The van der Waals surface area contributed by atoms with E-state index >= 15 is 0 Å². The summed E-state index contributed by atoms with van der Waals surface area (Å²) in [7, 11) is 0. The lowest BCUT2D eigenvalue weighted by Gasteiger charge is -2.11. The molecule has 0 aliphatic heterocycles. The van der Waals surface area contributed by atoms with Crippen molar-refractivity contribution in [1.82, 2.24) is 4.98 Å². The molecule has 1 N–H and O–H groups in total. The van der Waals surface area contributed by atoms with Gasteiger partial charge in [0.15, 0.2) is 0 Å². The summed E-state index contributed by atoms with van der Waals surface area (Å²) in [4.78, 5) is 28.5. The monoisotopic (exact) mass is 383 g/mol. The molecule has 0 saturated heterocycles. The number of nitro groups is 1. The van der Waals surface area contributed by atoms with Crippen LogP contribution in [-0.2, 0) is 0 Å². The van der Waals surface area contributed by atoms with E-state index in [1.54, 1.807) is 25.1 Å². The average Bonchev–Trinajstić information content (AvgIpc) is 2.74. The number of fused-ring (bicyclic) bond motifs is 1. The molecule has 0 spiro atoms. The van der Waals surface area contributed by atoms with Crippen LogP contribution >= 0.6 is 0 Å². The van der Waals surface area contributed by atoms with Crippen LogP contribution in [0.15, 0.2) is 78.9 Å². The number of nitrogens with zero attached hydrogens (tertiary/aromatic N) is 2. The van der Waals surface area contributed by atoms with Gasteiger partial charge in [-0.2, -0.15) is 0 Å². The molecule has 0 unspecified atom stereocenters. The first-order valence-electron chi connectivity index (χ1n) is 9.04. The highest BCUT2D eigenvalue weighted by Gasteiger charge is 2.16. The molecule has 0 bridgehead atoms. The van der Waals surface area contributed by atoms with Gasteiger partial charge >= 0.3 is 0 Å². The van der Waals surface area contributed by atoms with E-state index in [1.165, 1.54) is 6.07 Å². The number of aryl methyl sites for hydroxylation is 1. The van der Waals surface area contributed by atoms with Gasteiger partial charge in [0.05, 0.1) is 21.7 Å². The number of amides is 1. The molecule has 1 amide bonds. The predicted molar refractivity (Wildman–Crippen MR) is 113 cm³/mol. The van der Waals surface area contributed by atoms with Gasteiger partial charge in [0.2, 0.25) is 0 Å². The van der Waals surface area contributed by atoms with Gasteiger partial charge in [0.1, 0.15) is 0 Å². The van der Waals surface area contributed by atoms with E-state index in [2.05, 4.69) is 10.3 Å². The highest BCUT2D eigenvalue weighted by molar-refractivity contribution is 6.13. The van der Waals surface area contributed by atoms with Gasteiger partial charge in [-0.25, -0.2) is 4.98 Å². The fourth-order valence-electron chi connectivity index (χ4n) is 3.20. The van der Waals surface area contributed by atoms with E-state index in [1.807, 2.05) is 54.6 Å². The standard InChI is InChI=1S/C23H17N3O3/c1-15-11-12-17(13-22(15)26(28)29)24-23(27)19-14-21(16-7-3-2-4-8-16)25-20-10-6-5-9-18(19)20/h2-14H,1H3,(H,24,27). The molecule has 0 aliphatic rings. The molecule has 1 heterocycles. The number of anilines is 1. The number of para-hydroxylation sites is 1. The number of nitro benzene ring substituents is 1. The van der Waals surface area contributed by atoms with E-state index in [9.17, 15) is 14.9 Å². The Bertz CT molecular complexity index is 1240. The van der Waals surface area contributed by atoms with Gasteiger partial charge in [0, 0.05) is 28.3 Å². The van der Waals surface area contributed by atoms with Gasteiger partial charge in [-0.3, -0.25) is 14.9 Å². The number of pyridine rings is 1. The Morgan fingerprint density at radius 1 is 0.966 bits per heavy atom. The lowest BCUT2D eigenvalue weighted by molar-refractivity contribution is -0.385. The third kappa shape index (κ3) is 3.68. The molecule has 4 rings (SSSR count). The minimum absolute atomic E-state index is 0.0349. The summed E-state index contributed by atoms with van der Waals surface area (Å²) in [6, 6.07) is 23.4. The summed E-state index contributed by atoms with van der Waals surface area (Å²) in [5.74, 6) is -0.348. The molecule has 0 radical (unpaired) electrons. The lowest BCUT2D eigenvalue weighted by Crippen LogP contribution is -2.13. The van der Waals surface area contributed by atoms with Crippen molar-refractivity contribution >= 4 is 28.2 Å². The highest BCUT2D eigenvalue weighted by atomic mass is 16.6. The van der Waals surface area contributed by atoms with Gasteiger partial charge in [-0.1, -0.05) is 54.6 Å². The second-order valence-electron chi connectivity index (χ2n) is 6.65.